The second-order valence-corrected chi connectivity index (χ2v) is 14.2. The summed E-state index contributed by atoms with van der Waals surface area (Å²) in [7, 11) is -7.22. The lowest BCUT2D eigenvalue weighted by atomic mass is 10.2. The SMILES string of the molecule is CS(=O)(=O)c1cccc2sc(N3CCN(C(=O)C4CCCN4S(=O)(=O)c4ccc(Cl)cc4)CC3)nc12. The molecule has 0 spiro atoms. The number of aromatic nitrogens is 1. The highest BCUT2D eigenvalue weighted by Crippen LogP contribution is 2.33. The maximum absolute atomic E-state index is 13.4. The van der Waals surface area contributed by atoms with E-state index in [4.69, 9.17) is 11.6 Å². The average molecular weight is 569 g/mol. The van der Waals surface area contributed by atoms with E-state index in [1.165, 1.54) is 46.2 Å². The summed E-state index contributed by atoms with van der Waals surface area (Å²) in [5, 5.41) is 1.16. The van der Waals surface area contributed by atoms with E-state index in [9.17, 15) is 21.6 Å². The van der Waals surface area contributed by atoms with Crippen LogP contribution in [0.4, 0.5) is 5.13 Å². The van der Waals surface area contributed by atoms with Gasteiger partial charge in [-0.25, -0.2) is 21.8 Å². The molecule has 1 amide bonds. The van der Waals surface area contributed by atoms with Crippen LogP contribution in [0.3, 0.4) is 0 Å². The van der Waals surface area contributed by atoms with Gasteiger partial charge in [-0.05, 0) is 49.2 Å². The van der Waals surface area contributed by atoms with Gasteiger partial charge in [0.1, 0.15) is 11.6 Å². The van der Waals surface area contributed by atoms with Crippen LogP contribution in [0.25, 0.3) is 10.2 Å². The lowest BCUT2D eigenvalue weighted by Gasteiger charge is -2.37. The lowest BCUT2D eigenvalue weighted by molar-refractivity contribution is -0.134. The molecule has 1 atom stereocenters. The van der Waals surface area contributed by atoms with Gasteiger partial charge in [-0.1, -0.05) is 29.0 Å². The Balaban J connectivity index is 1.29. The van der Waals surface area contributed by atoms with Crippen LogP contribution in [-0.4, -0.2) is 82.0 Å². The summed E-state index contributed by atoms with van der Waals surface area (Å²) in [6.45, 7) is 2.21. The number of carbonyl (C=O) groups is 1. The molecule has 2 fully saturated rings. The fraction of sp³-hybridized carbons (Fsp3) is 0.391. The Kier molecular flexibility index (Phi) is 6.75. The number of hydrogen-bond acceptors (Lipinski definition) is 8. The first-order chi connectivity index (χ1) is 17.1. The summed E-state index contributed by atoms with van der Waals surface area (Å²) in [6.07, 6.45) is 2.28. The second kappa shape index (κ2) is 9.56. The number of carbonyl (C=O) groups excluding carboxylic acids is 1. The molecule has 2 aliphatic rings. The third-order valence-corrected chi connectivity index (χ3v) is 10.9. The van der Waals surface area contributed by atoms with E-state index in [2.05, 4.69) is 4.98 Å². The van der Waals surface area contributed by atoms with E-state index in [-0.39, 0.29) is 15.7 Å². The molecule has 0 radical (unpaired) electrons. The fourth-order valence-electron chi connectivity index (χ4n) is 4.69. The molecule has 5 rings (SSSR count). The van der Waals surface area contributed by atoms with E-state index in [0.29, 0.717) is 61.2 Å². The van der Waals surface area contributed by atoms with Crippen molar-refractivity contribution in [3.8, 4) is 0 Å². The Morgan fingerprint density at radius 2 is 1.69 bits per heavy atom. The number of amides is 1. The van der Waals surface area contributed by atoms with Crippen LogP contribution >= 0.6 is 22.9 Å². The summed E-state index contributed by atoms with van der Waals surface area (Å²) < 4.78 is 52.8. The van der Waals surface area contributed by atoms with Gasteiger partial charge in [0.05, 0.1) is 14.5 Å². The fourth-order valence-corrected chi connectivity index (χ4v) is 8.41. The molecule has 13 heteroatoms. The monoisotopic (exact) mass is 568 g/mol. The van der Waals surface area contributed by atoms with Gasteiger partial charge >= 0.3 is 0 Å². The number of nitrogens with zero attached hydrogens (tertiary/aromatic N) is 4. The van der Waals surface area contributed by atoms with E-state index in [1.54, 1.807) is 17.0 Å². The predicted molar refractivity (Wildman–Crippen MR) is 140 cm³/mol. The lowest BCUT2D eigenvalue weighted by Crippen LogP contribution is -2.54. The molecule has 0 N–H and O–H groups in total. The molecule has 0 saturated carbocycles. The predicted octanol–water partition coefficient (Wildman–Crippen LogP) is 2.86. The first-order valence-corrected chi connectivity index (χ1v) is 16.0. The number of piperazine rings is 1. The van der Waals surface area contributed by atoms with Crippen LogP contribution in [0.15, 0.2) is 52.3 Å². The molecular weight excluding hydrogens is 544 g/mol. The molecule has 2 saturated heterocycles. The summed E-state index contributed by atoms with van der Waals surface area (Å²) in [5.74, 6) is -0.187. The van der Waals surface area contributed by atoms with Gasteiger partial charge < -0.3 is 9.80 Å². The van der Waals surface area contributed by atoms with E-state index in [0.717, 1.165) is 4.70 Å². The maximum Gasteiger partial charge on any atom is 0.243 e. The van der Waals surface area contributed by atoms with Crippen molar-refractivity contribution in [1.29, 1.82) is 0 Å². The van der Waals surface area contributed by atoms with Crippen LogP contribution in [0.1, 0.15) is 12.8 Å². The van der Waals surface area contributed by atoms with Crippen LogP contribution in [0.2, 0.25) is 5.02 Å². The number of sulfone groups is 1. The number of thiazole rings is 1. The molecule has 2 aromatic carbocycles. The van der Waals surface area contributed by atoms with Crippen molar-refractivity contribution in [2.75, 3.05) is 43.9 Å². The molecule has 3 heterocycles. The molecule has 192 valence electrons. The first kappa shape index (κ1) is 25.4. The molecule has 36 heavy (non-hydrogen) atoms. The number of halogens is 1. The Bertz CT molecular complexity index is 1510. The van der Waals surface area contributed by atoms with E-state index >= 15 is 0 Å². The van der Waals surface area contributed by atoms with E-state index < -0.39 is 25.9 Å². The number of hydrogen-bond donors (Lipinski definition) is 0. The number of rotatable bonds is 5. The van der Waals surface area contributed by atoms with Crippen molar-refractivity contribution in [3.05, 3.63) is 47.5 Å². The summed E-state index contributed by atoms with van der Waals surface area (Å²) >= 11 is 7.33. The molecule has 0 bridgehead atoms. The largest absolute Gasteiger partial charge is 0.345 e. The van der Waals surface area contributed by atoms with Gasteiger partial charge in [-0.2, -0.15) is 4.31 Å². The van der Waals surface area contributed by atoms with Gasteiger partial charge in [0, 0.05) is 44.0 Å². The minimum Gasteiger partial charge on any atom is -0.345 e. The van der Waals surface area contributed by atoms with Crippen molar-refractivity contribution < 1.29 is 21.6 Å². The Morgan fingerprint density at radius 1 is 1.00 bits per heavy atom. The zero-order chi connectivity index (χ0) is 25.7. The Labute approximate surface area is 219 Å². The van der Waals surface area contributed by atoms with Crippen LogP contribution in [0, 0.1) is 0 Å². The molecular formula is C23H25ClN4O5S3. The molecule has 1 unspecified atom stereocenters. The van der Waals surface area contributed by atoms with Gasteiger partial charge in [0.25, 0.3) is 0 Å². The van der Waals surface area contributed by atoms with Crippen molar-refractivity contribution in [1.82, 2.24) is 14.2 Å². The van der Waals surface area contributed by atoms with Crippen molar-refractivity contribution >= 4 is 64.1 Å². The minimum atomic E-state index is -3.81. The number of fused-ring (bicyclic) bond motifs is 1. The van der Waals surface area contributed by atoms with Crippen molar-refractivity contribution in [2.24, 2.45) is 0 Å². The van der Waals surface area contributed by atoms with Gasteiger partial charge in [-0.3, -0.25) is 4.79 Å². The highest BCUT2D eigenvalue weighted by molar-refractivity contribution is 7.91. The van der Waals surface area contributed by atoms with Crippen LogP contribution in [0.5, 0.6) is 0 Å². The molecule has 2 aliphatic heterocycles. The zero-order valence-electron chi connectivity index (χ0n) is 19.5. The summed E-state index contributed by atoms with van der Waals surface area (Å²) in [4.78, 5) is 22.1. The summed E-state index contributed by atoms with van der Waals surface area (Å²) in [6, 6.07) is 10.4. The molecule has 1 aromatic heterocycles. The molecule has 9 nitrogen and oxygen atoms in total. The number of para-hydroxylation sites is 1. The van der Waals surface area contributed by atoms with Crippen molar-refractivity contribution in [2.45, 2.75) is 28.7 Å². The van der Waals surface area contributed by atoms with Gasteiger partial charge in [0.15, 0.2) is 15.0 Å². The highest BCUT2D eigenvalue weighted by atomic mass is 35.5. The number of sulfonamides is 1. The van der Waals surface area contributed by atoms with E-state index in [1.807, 2.05) is 11.0 Å². The molecule has 0 aliphatic carbocycles. The first-order valence-electron chi connectivity index (χ1n) is 11.5. The third-order valence-electron chi connectivity index (χ3n) is 6.54. The standard InChI is InChI=1S/C23H25ClN4O5S3/c1-35(30,31)20-6-2-5-19-21(20)25-23(34-19)27-14-12-26(13-15-27)22(29)18-4-3-11-28(18)36(32,33)17-9-7-16(24)8-10-17/h2,5-10,18H,3-4,11-15H2,1H3. The van der Waals surface area contributed by atoms with Gasteiger partial charge in [-0.15, -0.1) is 0 Å². The average Bonchev–Trinajstić information content (AvgIpc) is 3.51. The quantitative estimate of drug-likeness (QED) is 0.466. The normalized spacial score (nSPS) is 19.8. The second-order valence-electron chi connectivity index (χ2n) is 8.91. The highest BCUT2D eigenvalue weighted by Gasteiger charge is 2.41. The third kappa shape index (κ3) is 4.72. The maximum atomic E-state index is 13.4. The minimum absolute atomic E-state index is 0.126. The van der Waals surface area contributed by atoms with Gasteiger partial charge in [0.2, 0.25) is 15.9 Å². The van der Waals surface area contributed by atoms with Crippen LogP contribution < -0.4 is 4.90 Å². The zero-order valence-corrected chi connectivity index (χ0v) is 22.7. The number of anilines is 1. The summed E-state index contributed by atoms with van der Waals surface area (Å²) in [5.41, 5.74) is 0.465. The van der Waals surface area contributed by atoms with Crippen LogP contribution in [-0.2, 0) is 24.7 Å². The smallest absolute Gasteiger partial charge is 0.243 e. The molecule has 3 aromatic rings. The topological polar surface area (TPSA) is 108 Å². The number of benzene rings is 2. The Hall–Kier alpha value is -2.25. The van der Waals surface area contributed by atoms with Crippen molar-refractivity contribution in [3.63, 3.8) is 0 Å². The Morgan fingerprint density at radius 3 is 2.36 bits per heavy atom.